The summed E-state index contributed by atoms with van der Waals surface area (Å²) in [6, 6.07) is 21.4. The van der Waals surface area contributed by atoms with Gasteiger partial charge in [-0.15, -0.1) is 0 Å². The fourth-order valence-corrected chi connectivity index (χ4v) is 3.28. The molecule has 0 fully saturated rings. The predicted molar refractivity (Wildman–Crippen MR) is 109 cm³/mol. The molecule has 1 N–H and O–H groups in total. The molecule has 30 heavy (non-hydrogen) atoms. The SMILES string of the molecule is O=C1COc2ccc(C(=O)c3ccccc3-c3nc(-c4ccccc4)no3)cc2N1. The standard InChI is InChI=1S/C23H15N3O4/c27-20-13-29-19-11-10-15(12-18(19)24-20)21(28)16-8-4-5-9-17(16)23-25-22(26-30-23)14-6-2-1-3-7-14/h1-12H,13H2,(H,24,27). The Kier molecular flexibility index (Phi) is 4.33. The molecule has 1 aromatic heterocycles. The fraction of sp³-hybridized carbons (Fsp3) is 0.0435. The highest BCUT2D eigenvalue weighted by molar-refractivity contribution is 6.13. The Morgan fingerprint density at radius 3 is 2.63 bits per heavy atom. The topological polar surface area (TPSA) is 94.3 Å². The van der Waals surface area contributed by atoms with Crippen molar-refractivity contribution in [3.63, 3.8) is 0 Å². The fourth-order valence-electron chi connectivity index (χ4n) is 3.28. The first kappa shape index (κ1) is 17.8. The van der Waals surface area contributed by atoms with Crippen LogP contribution in [0.1, 0.15) is 15.9 Å². The molecular weight excluding hydrogens is 382 g/mol. The van der Waals surface area contributed by atoms with E-state index in [0.717, 1.165) is 5.56 Å². The van der Waals surface area contributed by atoms with Gasteiger partial charge in [0.1, 0.15) is 5.75 Å². The molecule has 4 aromatic rings. The van der Waals surface area contributed by atoms with Gasteiger partial charge in [0.25, 0.3) is 11.8 Å². The molecule has 0 saturated carbocycles. The van der Waals surface area contributed by atoms with Crippen LogP contribution in [0.5, 0.6) is 5.75 Å². The second-order valence-electron chi connectivity index (χ2n) is 6.71. The molecule has 0 aliphatic carbocycles. The van der Waals surface area contributed by atoms with Gasteiger partial charge >= 0.3 is 0 Å². The Morgan fingerprint density at radius 2 is 1.77 bits per heavy atom. The summed E-state index contributed by atoms with van der Waals surface area (Å²) in [5.41, 5.74) is 2.66. The average molecular weight is 397 g/mol. The molecule has 5 rings (SSSR count). The number of aromatic nitrogens is 2. The first-order valence-electron chi connectivity index (χ1n) is 9.29. The van der Waals surface area contributed by atoms with E-state index in [0.29, 0.717) is 34.0 Å². The first-order chi connectivity index (χ1) is 14.7. The minimum Gasteiger partial charge on any atom is -0.482 e. The molecule has 1 amide bonds. The summed E-state index contributed by atoms with van der Waals surface area (Å²) in [4.78, 5) is 29.3. The second-order valence-corrected chi connectivity index (χ2v) is 6.71. The lowest BCUT2D eigenvalue weighted by Gasteiger charge is -2.18. The Hall–Kier alpha value is -4.26. The minimum absolute atomic E-state index is 0.0377. The van der Waals surface area contributed by atoms with Crippen LogP contribution in [-0.4, -0.2) is 28.4 Å². The van der Waals surface area contributed by atoms with E-state index >= 15 is 0 Å². The molecular formula is C23H15N3O4. The first-order valence-corrected chi connectivity index (χ1v) is 9.29. The molecule has 0 unspecified atom stereocenters. The Morgan fingerprint density at radius 1 is 0.967 bits per heavy atom. The zero-order valence-corrected chi connectivity index (χ0v) is 15.7. The monoisotopic (exact) mass is 397 g/mol. The number of nitrogens with zero attached hydrogens (tertiary/aromatic N) is 2. The minimum atomic E-state index is -0.258. The van der Waals surface area contributed by atoms with Gasteiger partial charge in [-0.2, -0.15) is 4.98 Å². The highest BCUT2D eigenvalue weighted by Crippen LogP contribution is 2.31. The third kappa shape index (κ3) is 3.22. The number of rotatable bonds is 4. The number of benzene rings is 3. The highest BCUT2D eigenvalue weighted by atomic mass is 16.5. The number of carbonyl (C=O) groups is 2. The molecule has 0 radical (unpaired) electrons. The normalized spacial score (nSPS) is 12.6. The Labute approximate surface area is 171 Å². The van der Waals surface area contributed by atoms with E-state index < -0.39 is 0 Å². The van der Waals surface area contributed by atoms with Gasteiger partial charge in [-0.1, -0.05) is 53.7 Å². The maximum Gasteiger partial charge on any atom is 0.262 e. The van der Waals surface area contributed by atoms with Crippen LogP contribution in [-0.2, 0) is 4.79 Å². The van der Waals surface area contributed by atoms with Gasteiger partial charge in [0, 0.05) is 16.7 Å². The molecule has 0 atom stereocenters. The molecule has 7 nitrogen and oxygen atoms in total. The largest absolute Gasteiger partial charge is 0.482 e. The molecule has 3 aromatic carbocycles. The van der Waals surface area contributed by atoms with E-state index in [1.165, 1.54) is 0 Å². The van der Waals surface area contributed by atoms with Crippen molar-refractivity contribution in [1.29, 1.82) is 0 Å². The van der Waals surface area contributed by atoms with Crippen molar-refractivity contribution >= 4 is 17.4 Å². The van der Waals surface area contributed by atoms with E-state index in [9.17, 15) is 9.59 Å². The second kappa shape index (κ2) is 7.29. The lowest BCUT2D eigenvalue weighted by Crippen LogP contribution is -2.25. The van der Waals surface area contributed by atoms with Crippen LogP contribution < -0.4 is 10.1 Å². The van der Waals surface area contributed by atoms with Gasteiger partial charge in [-0.3, -0.25) is 9.59 Å². The van der Waals surface area contributed by atoms with Crippen LogP contribution in [0.25, 0.3) is 22.8 Å². The number of hydrogen-bond donors (Lipinski definition) is 1. The van der Waals surface area contributed by atoms with Crippen LogP contribution in [0.2, 0.25) is 0 Å². The summed E-state index contributed by atoms with van der Waals surface area (Å²) in [6.45, 7) is -0.0377. The molecule has 1 aliphatic rings. The van der Waals surface area contributed by atoms with Gasteiger partial charge in [0.05, 0.1) is 11.3 Å². The number of anilines is 1. The van der Waals surface area contributed by atoms with Gasteiger partial charge in [0.2, 0.25) is 5.82 Å². The number of carbonyl (C=O) groups excluding carboxylic acids is 2. The Bertz CT molecular complexity index is 1260. The number of fused-ring (bicyclic) bond motifs is 1. The van der Waals surface area contributed by atoms with Crippen molar-refractivity contribution in [1.82, 2.24) is 10.1 Å². The molecule has 0 bridgehead atoms. The summed E-state index contributed by atoms with van der Waals surface area (Å²) < 4.78 is 10.8. The maximum atomic E-state index is 13.2. The van der Waals surface area contributed by atoms with Gasteiger partial charge < -0.3 is 14.6 Å². The number of ether oxygens (including phenoxy) is 1. The van der Waals surface area contributed by atoms with Gasteiger partial charge in [0.15, 0.2) is 12.4 Å². The third-order valence-electron chi connectivity index (χ3n) is 4.73. The van der Waals surface area contributed by atoms with Crippen molar-refractivity contribution in [2.24, 2.45) is 0 Å². The molecule has 0 saturated heterocycles. The van der Waals surface area contributed by atoms with Crippen LogP contribution in [0.3, 0.4) is 0 Å². The van der Waals surface area contributed by atoms with E-state index in [-0.39, 0.29) is 24.2 Å². The summed E-state index contributed by atoms with van der Waals surface area (Å²) in [7, 11) is 0. The Balaban J connectivity index is 1.51. The van der Waals surface area contributed by atoms with E-state index in [1.807, 2.05) is 30.3 Å². The van der Waals surface area contributed by atoms with Crippen molar-refractivity contribution < 1.29 is 18.8 Å². The van der Waals surface area contributed by atoms with Crippen LogP contribution >= 0.6 is 0 Å². The van der Waals surface area contributed by atoms with Crippen molar-refractivity contribution in [2.45, 2.75) is 0 Å². The van der Waals surface area contributed by atoms with Gasteiger partial charge in [-0.25, -0.2) is 0 Å². The zero-order valence-electron chi connectivity index (χ0n) is 15.7. The third-order valence-corrected chi connectivity index (χ3v) is 4.73. The smallest absolute Gasteiger partial charge is 0.262 e. The highest BCUT2D eigenvalue weighted by Gasteiger charge is 2.22. The van der Waals surface area contributed by atoms with E-state index in [2.05, 4.69) is 15.5 Å². The lowest BCUT2D eigenvalue weighted by atomic mass is 9.97. The lowest BCUT2D eigenvalue weighted by molar-refractivity contribution is -0.118. The summed E-state index contributed by atoms with van der Waals surface area (Å²) >= 11 is 0. The molecule has 0 spiro atoms. The number of hydrogen-bond acceptors (Lipinski definition) is 6. The van der Waals surface area contributed by atoms with Crippen molar-refractivity contribution in [2.75, 3.05) is 11.9 Å². The summed E-state index contributed by atoms with van der Waals surface area (Å²) in [5.74, 6) is 0.747. The summed E-state index contributed by atoms with van der Waals surface area (Å²) in [6.07, 6.45) is 0. The molecule has 2 heterocycles. The van der Waals surface area contributed by atoms with Crippen molar-refractivity contribution in [3.8, 4) is 28.6 Å². The summed E-state index contributed by atoms with van der Waals surface area (Å²) in [5, 5.41) is 6.76. The van der Waals surface area contributed by atoms with Gasteiger partial charge in [-0.05, 0) is 24.3 Å². The number of nitrogens with one attached hydrogen (secondary N) is 1. The quantitative estimate of drug-likeness (QED) is 0.524. The van der Waals surface area contributed by atoms with Crippen molar-refractivity contribution in [3.05, 3.63) is 83.9 Å². The molecule has 7 heteroatoms. The average Bonchev–Trinajstić information content (AvgIpc) is 3.29. The van der Waals surface area contributed by atoms with Crippen LogP contribution in [0, 0.1) is 0 Å². The zero-order chi connectivity index (χ0) is 20.5. The number of ketones is 1. The molecule has 1 aliphatic heterocycles. The van der Waals surface area contributed by atoms with E-state index in [4.69, 9.17) is 9.26 Å². The van der Waals surface area contributed by atoms with Crippen LogP contribution in [0.15, 0.2) is 77.3 Å². The number of amides is 1. The molecule has 146 valence electrons. The maximum absolute atomic E-state index is 13.2. The van der Waals surface area contributed by atoms with E-state index in [1.54, 1.807) is 42.5 Å². The predicted octanol–water partition coefficient (Wildman–Crippen LogP) is 3.97. The van der Waals surface area contributed by atoms with Crippen LogP contribution in [0.4, 0.5) is 5.69 Å².